The van der Waals surface area contributed by atoms with Gasteiger partial charge < -0.3 is 10.1 Å². The molecule has 1 atom stereocenters. The molecule has 2 rings (SSSR count). The number of nitrogens with zero attached hydrogens (tertiary/aromatic N) is 2. The third-order valence-corrected chi connectivity index (χ3v) is 5.68. The molecule has 1 aliphatic carbocycles. The van der Waals surface area contributed by atoms with E-state index in [9.17, 15) is 9.59 Å². The highest BCUT2D eigenvalue weighted by atomic mass is 32.2. The number of thioether (sulfide) groups is 1. The van der Waals surface area contributed by atoms with Crippen LogP contribution in [0.1, 0.15) is 62.4 Å². The van der Waals surface area contributed by atoms with Crippen LogP contribution in [0.3, 0.4) is 0 Å². The summed E-state index contributed by atoms with van der Waals surface area (Å²) in [7, 11) is 0. The molecule has 1 amide bonds. The van der Waals surface area contributed by atoms with Gasteiger partial charge in [0.25, 0.3) is 5.91 Å². The van der Waals surface area contributed by atoms with Gasteiger partial charge in [-0.05, 0) is 57.8 Å². The number of carbonyl (C=O) groups excluding carboxylic acids is 2. The lowest BCUT2D eigenvalue weighted by atomic mass is 9.89. The van der Waals surface area contributed by atoms with Crippen molar-refractivity contribution in [2.45, 2.75) is 77.0 Å². The monoisotopic (exact) mass is 393 g/mol. The molecule has 0 radical (unpaired) electrons. The fraction of sp³-hybridized carbons (Fsp3) is 0.700. The molecule has 1 saturated carbocycles. The maximum Gasteiger partial charge on any atom is 0.306 e. The van der Waals surface area contributed by atoms with Crippen LogP contribution in [-0.2, 0) is 20.7 Å². The summed E-state index contributed by atoms with van der Waals surface area (Å²) in [4.78, 5) is 33.1. The van der Waals surface area contributed by atoms with Crippen LogP contribution >= 0.6 is 11.8 Å². The van der Waals surface area contributed by atoms with E-state index in [1.54, 1.807) is 6.92 Å². The smallest absolute Gasteiger partial charge is 0.306 e. The lowest BCUT2D eigenvalue weighted by Gasteiger charge is -2.22. The molecule has 1 heterocycles. The largest absolute Gasteiger partial charge is 0.453 e. The number of aryl methyl sites for hydroxylation is 2. The van der Waals surface area contributed by atoms with E-state index >= 15 is 0 Å². The van der Waals surface area contributed by atoms with Gasteiger partial charge in [0, 0.05) is 24.4 Å². The Bertz CT molecular complexity index is 637. The molecular weight excluding hydrogens is 362 g/mol. The molecule has 0 aliphatic heterocycles. The summed E-state index contributed by atoms with van der Waals surface area (Å²) in [5.74, 6) is -0.0298. The Morgan fingerprint density at radius 1 is 1.19 bits per heavy atom. The van der Waals surface area contributed by atoms with Crippen molar-refractivity contribution in [3.63, 3.8) is 0 Å². The summed E-state index contributed by atoms with van der Waals surface area (Å²) in [6.07, 6.45) is 8.02. The Morgan fingerprint density at radius 2 is 1.81 bits per heavy atom. The van der Waals surface area contributed by atoms with Gasteiger partial charge in [-0.25, -0.2) is 9.97 Å². The maximum absolute atomic E-state index is 12.2. The zero-order valence-corrected chi connectivity index (χ0v) is 17.7. The third-order valence-electron chi connectivity index (χ3n) is 5.13. The Labute approximate surface area is 166 Å². The Balaban J connectivity index is 1.76. The minimum Gasteiger partial charge on any atom is -0.453 e. The van der Waals surface area contributed by atoms with E-state index in [2.05, 4.69) is 15.3 Å². The molecule has 1 aromatic heterocycles. The van der Waals surface area contributed by atoms with Gasteiger partial charge in [0.2, 0.25) is 0 Å². The summed E-state index contributed by atoms with van der Waals surface area (Å²) in [5, 5.41) is 3.66. The second-order valence-corrected chi connectivity index (χ2v) is 8.01. The van der Waals surface area contributed by atoms with Crippen LogP contribution in [0.2, 0.25) is 0 Å². The van der Waals surface area contributed by atoms with Crippen molar-refractivity contribution >= 4 is 23.6 Å². The Kier molecular flexibility index (Phi) is 8.54. The molecule has 1 aromatic rings. The van der Waals surface area contributed by atoms with Crippen LogP contribution in [0.4, 0.5) is 0 Å². The fourth-order valence-electron chi connectivity index (χ4n) is 3.48. The standard InChI is InChI=1S/C20H31N3O3S/c1-13-17(14(2)23-20(22-13)27-4)10-11-18(24)26-15(3)19(25)21-12-16-8-6-5-7-9-16/h15-16H,5-12H2,1-4H3,(H,21,25). The molecule has 1 fully saturated rings. The third kappa shape index (κ3) is 6.79. The van der Waals surface area contributed by atoms with E-state index in [0.29, 0.717) is 18.9 Å². The van der Waals surface area contributed by atoms with Crippen molar-refractivity contribution in [3.05, 3.63) is 17.0 Å². The van der Waals surface area contributed by atoms with Gasteiger partial charge in [-0.1, -0.05) is 31.0 Å². The minimum atomic E-state index is -0.765. The first-order valence-electron chi connectivity index (χ1n) is 9.76. The second-order valence-electron chi connectivity index (χ2n) is 7.24. The van der Waals surface area contributed by atoms with Gasteiger partial charge in [0.05, 0.1) is 0 Å². The van der Waals surface area contributed by atoms with E-state index in [4.69, 9.17) is 4.74 Å². The van der Waals surface area contributed by atoms with Crippen LogP contribution in [-0.4, -0.2) is 40.7 Å². The van der Waals surface area contributed by atoms with Crippen molar-refractivity contribution in [2.24, 2.45) is 5.92 Å². The Morgan fingerprint density at radius 3 is 2.41 bits per heavy atom. The predicted molar refractivity (Wildman–Crippen MR) is 107 cm³/mol. The maximum atomic E-state index is 12.2. The van der Waals surface area contributed by atoms with Crippen LogP contribution in [0.5, 0.6) is 0 Å². The van der Waals surface area contributed by atoms with Crippen molar-refractivity contribution in [1.82, 2.24) is 15.3 Å². The zero-order valence-electron chi connectivity index (χ0n) is 16.8. The molecule has 0 spiro atoms. The highest BCUT2D eigenvalue weighted by molar-refractivity contribution is 7.98. The van der Waals surface area contributed by atoms with Crippen molar-refractivity contribution < 1.29 is 14.3 Å². The molecule has 150 valence electrons. The van der Waals surface area contributed by atoms with Crippen LogP contribution in [0.15, 0.2) is 5.16 Å². The number of nitrogens with one attached hydrogen (secondary N) is 1. The van der Waals surface area contributed by atoms with Crippen LogP contribution in [0.25, 0.3) is 0 Å². The number of rotatable bonds is 8. The topological polar surface area (TPSA) is 81.2 Å². The van der Waals surface area contributed by atoms with E-state index in [-0.39, 0.29) is 18.3 Å². The van der Waals surface area contributed by atoms with Gasteiger partial charge in [-0.2, -0.15) is 0 Å². The first kappa shape index (κ1) is 21.7. The molecule has 0 bridgehead atoms. The average Bonchev–Trinajstić information content (AvgIpc) is 2.65. The summed E-state index contributed by atoms with van der Waals surface area (Å²) in [5.41, 5.74) is 2.75. The molecule has 6 nitrogen and oxygen atoms in total. The van der Waals surface area contributed by atoms with Crippen molar-refractivity contribution in [3.8, 4) is 0 Å². The van der Waals surface area contributed by atoms with Crippen LogP contribution in [0, 0.1) is 19.8 Å². The summed E-state index contributed by atoms with van der Waals surface area (Å²) in [6, 6.07) is 0. The number of hydrogen-bond acceptors (Lipinski definition) is 6. The van der Waals surface area contributed by atoms with Crippen LogP contribution < -0.4 is 5.32 Å². The second kappa shape index (κ2) is 10.6. The SMILES string of the molecule is CSc1nc(C)c(CCC(=O)OC(C)C(=O)NCC2CCCCC2)c(C)n1. The van der Waals surface area contributed by atoms with E-state index in [1.807, 2.05) is 20.1 Å². The number of esters is 1. The minimum absolute atomic E-state index is 0.212. The van der Waals surface area contributed by atoms with Gasteiger partial charge in [-0.15, -0.1) is 0 Å². The number of hydrogen-bond donors (Lipinski definition) is 1. The van der Waals surface area contributed by atoms with E-state index in [1.165, 1.54) is 43.9 Å². The van der Waals surface area contributed by atoms with Gasteiger partial charge in [0.1, 0.15) is 0 Å². The van der Waals surface area contributed by atoms with Gasteiger partial charge in [0.15, 0.2) is 11.3 Å². The van der Waals surface area contributed by atoms with Gasteiger partial charge in [-0.3, -0.25) is 9.59 Å². The van der Waals surface area contributed by atoms with E-state index < -0.39 is 6.10 Å². The predicted octanol–water partition coefficient (Wildman–Crippen LogP) is 3.38. The molecule has 1 aliphatic rings. The van der Waals surface area contributed by atoms with Crippen molar-refractivity contribution in [1.29, 1.82) is 0 Å². The quantitative estimate of drug-likeness (QED) is 0.414. The highest BCUT2D eigenvalue weighted by Crippen LogP contribution is 2.22. The fourth-order valence-corrected chi connectivity index (χ4v) is 3.93. The number of aromatic nitrogens is 2. The molecular formula is C20H31N3O3S. The number of carbonyl (C=O) groups is 2. The lowest BCUT2D eigenvalue weighted by Crippen LogP contribution is -2.38. The number of ether oxygens (including phenoxy) is 1. The number of amides is 1. The lowest BCUT2D eigenvalue weighted by molar-refractivity contribution is -0.154. The molecule has 0 aromatic carbocycles. The van der Waals surface area contributed by atoms with E-state index in [0.717, 1.165) is 22.1 Å². The summed E-state index contributed by atoms with van der Waals surface area (Å²) in [6.45, 7) is 6.16. The molecule has 27 heavy (non-hydrogen) atoms. The first-order valence-corrected chi connectivity index (χ1v) is 11.0. The zero-order chi connectivity index (χ0) is 19.8. The average molecular weight is 394 g/mol. The Hall–Kier alpha value is -1.63. The highest BCUT2D eigenvalue weighted by Gasteiger charge is 2.20. The first-order chi connectivity index (χ1) is 12.9. The molecule has 1 N–H and O–H groups in total. The molecule has 0 saturated heterocycles. The normalized spacial score (nSPS) is 16.0. The van der Waals surface area contributed by atoms with Gasteiger partial charge >= 0.3 is 5.97 Å². The summed E-state index contributed by atoms with van der Waals surface area (Å²) >= 11 is 1.50. The summed E-state index contributed by atoms with van der Waals surface area (Å²) < 4.78 is 5.30. The molecule has 1 unspecified atom stereocenters. The molecule has 7 heteroatoms. The van der Waals surface area contributed by atoms with Crippen molar-refractivity contribution in [2.75, 3.05) is 12.8 Å².